The molecule has 2 aliphatic carbocycles. The van der Waals surface area contributed by atoms with Gasteiger partial charge < -0.3 is 0 Å². The first-order valence-corrected chi connectivity index (χ1v) is 16.8. The van der Waals surface area contributed by atoms with Gasteiger partial charge in [0.15, 0.2) is 5.84 Å². The number of nitrogens with one attached hydrogen (secondary N) is 1. The molecule has 1 N–H and O–H groups in total. The maximum Gasteiger partial charge on any atom is 0.153 e. The summed E-state index contributed by atoms with van der Waals surface area (Å²) >= 11 is 0. The standard InChI is InChI=1S/C46H36N2/c47-46(48-45(33-17-5-2-6-18-33)30-27-32-15-3-1-4-16-32)43-26-14-13-24-40(43)36-20-8-7-19-35(36)34-28-29-42-39-23-10-9-21-37(39)38-22-11-12-25-41(38)44(42)31-34/h1-9,11-22,24-27,30-31,47H,10,23,28-29H2/b30-27+,47-46?,48-45?. The van der Waals surface area contributed by atoms with E-state index in [9.17, 15) is 5.41 Å². The first kappa shape index (κ1) is 29.5. The molecule has 2 aliphatic rings. The highest BCUT2D eigenvalue weighted by Gasteiger charge is 2.23. The summed E-state index contributed by atoms with van der Waals surface area (Å²) in [6.07, 6.45) is 15.4. The summed E-state index contributed by atoms with van der Waals surface area (Å²) in [4.78, 5) is 4.96. The van der Waals surface area contributed by atoms with Crippen LogP contribution in [0.1, 0.15) is 57.3 Å². The van der Waals surface area contributed by atoms with Gasteiger partial charge in [0.05, 0.1) is 5.71 Å². The molecule has 0 saturated carbocycles. The normalized spacial score (nSPS) is 14.1. The van der Waals surface area contributed by atoms with E-state index in [-0.39, 0.29) is 5.84 Å². The molecule has 0 atom stereocenters. The fourth-order valence-corrected chi connectivity index (χ4v) is 7.33. The third-order valence-corrected chi connectivity index (χ3v) is 9.61. The van der Waals surface area contributed by atoms with Crippen molar-refractivity contribution in [3.05, 3.63) is 190 Å². The van der Waals surface area contributed by atoms with Crippen molar-refractivity contribution < 1.29 is 0 Å². The molecule has 0 radical (unpaired) electrons. The number of amidine groups is 1. The Kier molecular flexibility index (Phi) is 8.06. The Morgan fingerprint density at radius 3 is 2.00 bits per heavy atom. The summed E-state index contributed by atoms with van der Waals surface area (Å²) in [6.45, 7) is 0. The van der Waals surface area contributed by atoms with Crippen molar-refractivity contribution in [3.8, 4) is 11.1 Å². The quantitative estimate of drug-likeness (QED) is 0.143. The predicted octanol–water partition coefficient (Wildman–Crippen LogP) is 11.5. The summed E-state index contributed by atoms with van der Waals surface area (Å²) in [7, 11) is 0. The van der Waals surface area contributed by atoms with E-state index in [4.69, 9.17) is 4.99 Å². The number of aliphatic imine (C=N–C) groups is 1. The molecule has 0 spiro atoms. The summed E-state index contributed by atoms with van der Waals surface area (Å²) in [6, 6.07) is 46.2. The highest BCUT2D eigenvalue weighted by molar-refractivity contribution is 6.19. The highest BCUT2D eigenvalue weighted by atomic mass is 14.8. The Labute approximate surface area is 282 Å². The first-order chi connectivity index (χ1) is 23.7. The molecule has 0 unspecified atom stereocenters. The smallest absolute Gasteiger partial charge is 0.153 e. The molecule has 0 heterocycles. The average molecular weight is 617 g/mol. The third kappa shape index (κ3) is 5.67. The Morgan fingerprint density at radius 2 is 1.21 bits per heavy atom. The third-order valence-electron chi connectivity index (χ3n) is 9.61. The molecule has 0 aliphatic heterocycles. The summed E-state index contributed by atoms with van der Waals surface area (Å²) in [5, 5.41) is 12.0. The number of allylic oxidation sites excluding steroid dienone is 3. The van der Waals surface area contributed by atoms with E-state index in [1.807, 2.05) is 66.7 Å². The second-order valence-electron chi connectivity index (χ2n) is 12.5. The molecule has 6 aromatic rings. The Balaban J connectivity index is 1.22. The van der Waals surface area contributed by atoms with Crippen molar-refractivity contribution in [2.75, 3.05) is 0 Å². The summed E-state index contributed by atoms with van der Waals surface area (Å²) in [5.41, 5.74) is 14.2. The second-order valence-corrected chi connectivity index (χ2v) is 12.5. The van der Waals surface area contributed by atoms with Gasteiger partial charge in [0.1, 0.15) is 0 Å². The maximum absolute atomic E-state index is 9.33. The van der Waals surface area contributed by atoms with Crippen molar-refractivity contribution in [2.45, 2.75) is 25.7 Å². The molecule has 0 aromatic heterocycles. The van der Waals surface area contributed by atoms with Crippen LogP contribution in [0.2, 0.25) is 0 Å². The number of nitrogens with zero attached hydrogens (tertiary/aromatic N) is 1. The lowest BCUT2D eigenvalue weighted by Gasteiger charge is -2.26. The van der Waals surface area contributed by atoms with Crippen LogP contribution >= 0.6 is 0 Å². The lowest BCUT2D eigenvalue weighted by atomic mass is 9.78. The Morgan fingerprint density at radius 1 is 0.583 bits per heavy atom. The molecular weight excluding hydrogens is 581 g/mol. The van der Waals surface area contributed by atoms with Crippen LogP contribution in [0.5, 0.6) is 0 Å². The van der Waals surface area contributed by atoms with Gasteiger partial charge in [-0.1, -0.05) is 158 Å². The first-order valence-electron chi connectivity index (χ1n) is 16.8. The van der Waals surface area contributed by atoms with E-state index >= 15 is 0 Å². The van der Waals surface area contributed by atoms with Gasteiger partial charge in [-0.05, 0) is 92.6 Å². The Hall–Kier alpha value is -5.86. The van der Waals surface area contributed by atoms with Crippen molar-refractivity contribution in [2.24, 2.45) is 4.99 Å². The van der Waals surface area contributed by atoms with Crippen LogP contribution in [0, 0.1) is 5.41 Å². The van der Waals surface area contributed by atoms with Crippen LogP contribution in [0.3, 0.4) is 0 Å². The van der Waals surface area contributed by atoms with Gasteiger partial charge >= 0.3 is 0 Å². The van der Waals surface area contributed by atoms with Gasteiger partial charge in [-0.3, -0.25) is 5.41 Å². The van der Waals surface area contributed by atoms with E-state index < -0.39 is 0 Å². The van der Waals surface area contributed by atoms with Crippen LogP contribution in [0.25, 0.3) is 45.7 Å². The number of benzene rings is 6. The van der Waals surface area contributed by atoms with E-state index in [0.29, 0.717) is 0 Å². The molecule has 2 heteroatoms. The molecule has 0 bridgehead atoms. The lowest BCUT2D eigenvalue weighted by molar-refractivity contribution is 0.918. The van der Waals surface area contributed by atoms with Crippen LogP contribution in [0.15, 0.2) is 151 Å². The van der Waals surface area contributed by atoms with Gasteiger partial charge in [-0.15, -0.1) is 0 Å². The predicted molar refractivity (Wildman–Crippen MR) is 205 cm³/mol. The minimum absolute atomic E-state index is 0.241. The highest BCUT2D eigenvalue weighted by Crippen LogP contribution is 2.43. The zero-order valence-corrected chi connectivity index (χ0v) is 26.9. The number of hydrogen-bond donors (Lipinski definition) is 1. The minimum atomic E-state index is 0.241. The van der Waals surface area contributed by atoms with Crippen molar-refractivity contribution >= 4 is 46.1 Å². The largest absolute Gasteiger partial charge is 0.282 e. The molecule has 230 valence electrons. The Bertz CT molecular complexity index is 2280. The van der Waals surface area contributed by atoms with E-state index in [1.54, 1.807) is 0 Å². The van der Waals surface area contributed by atoms with E-state index in [1.165, 1.54) is 44.2 Å². The molecular formula is C46H36N2. The minimum Gasteiger partial charge on any atom is -0.282 e. The molecule has 2 nitrogen and oxygen atoms in total. The molecule has 0 saturated heterocycles. The monoisotopic (exact) mass is 616 g/mol. The van der Waals surface area contributed by atoms with Crippen molar-refractivity contribution in [3.63, 3.8) is 0 Å². The van der Waals surface area contributed by atoms with Crippen LogP contribution in [-0.2, 0) is 12.8 Å². The van der Waals surface area contributed by atoms with E-state index in [2.05, 4.69) is 97.1 Å². The zero-order valence-electron chi connectivity index (χ0n) is 26.9. The number of fused-ring (bicyclic) bond motifs is 6. The topological polar surface area (TPSA) is 36.2 Å². The van der Waals surface area contributed by atoms with Gasteiger partial charge in [0.25, 0.3) is 0 Å². The fraction of sp³-hybridized carbons (Fsp3) is 0.0870. The SMILES string of the molecule is N=C(N=C(/C=C/c1ccccc1)c1ccccc1)c1ccccc1-c1ccccc1C1=Cc2c(c3c(c4ccccc24)C=CCC3)CC1. The number of hydrogen-bond acceptors (Lipinski definition) is 1. The lowest BCUT2D eigenvalue weighted by Crippen LogP contribution is -2.09. The molecule has 8 rings (SSSR count). The van der Waals surface area contributed by atoms with Crippen molar-refractivity contribution in [1.29, 1.82) is 5.41 Å². The van der Waals surface area contributed by atoms with Crippen molar-refractivity contribution in [1.82, 2.24) is 0 Å². The molecule has 0 fully saturated rings. The number of rotatable bonds is 6. The van der Waals surface area contributed by atoms with Gasteiger partial charge in [-0.2, -0.15) is 0 Å². The average Bonchev–Trinajstić information content (AvgIpc) is 3.17. The van der Waals surface area contributed by atoms with Gasteiger partial charge in [0, 0.05) is 11.1 Å². The van der Waals surface area contributed by atoms with Gasteiger partial charge in [0.2, 0.25) is 0 Å². The fourth-order valence-electron chi connectivity index (χ4n) is 7.33. The van der Waals surface area contributed by atoms with Crippen LogP contribution in [0.4, 0.5) is 0 Å². The zero-order chi connectivity index (χ0) is 32.3. The molecule has 0 amide bonds. The summed E-state index contributed by atoms with van der Waals surface area (Å²) in [5.74, 6) is 0.241. The van der Waals surface area contributed by atoms with Gasteiger partial charge in [-0.25, -0.2) is 4.99 Å². The van der Waals surface area contributed by atoms with Crippen LogP contribution in [-0.4, -0.2) is 11.5 Å². The van der Waals surface area contributed by atoms with E-state index in [0.717, 1.165) is 59.2 Å². The molecule has 48 heavy (non-hydrogen) atoms. The maximum atomic E-state index is 9.33. The second kappa shape index (κ2) is 13.1. The molecule has 6 aromatic carbocycles. The summed E-state index contributed by atoms with van der Waals surface area (Å²) < 4.78 is 0. The van der Waals surface area contributed by atoms with Crippen LogP contribution < -0.4 is 0 Å².